The molecule has 1 aromatic heterocycles. The van der Waals surface area contributed by atoms with Crippen LogP contribution in [0.3, 0.4) is 0 Å². The van der Waals surface area contributed by atoms with Crippen LogP contribution in [0, 0.1) is 0 Å². The Morgan fingerprint density at radius 1 is 1.32 bits per heavy atom. The van der Waals surface area contributed by atoms with Gasteiger partial charge in [-0.3, -0.25) is 9.78 Å². The maximum atomic E-state index is 12.4. The molecule has 138 valence electrons. The number of nitrogens with zero attached hydrogens (tertiary/aromatic N) is 4. The van der Waals surface area contributed by atoms with Crippen LogP contribution >= 0.6 is 0 Å². The predicted octanol–water partition coefficient (Wildman–Crippen LogP) is 0.239. The SMILES string of the molecule is CN(CCC(=O)N1CCN(c2cccnc2)CC1)[C@H]1CCS(=O)(=O)C1. The van der Waals surface area contributed by atoms with E-state index in [4.69, 9.17) is 0 Å². The molecule has 3 heterocycles. The van der Waals surface area contributed by atoms with Crippen molar-refractivity contribution < 1.29 is 13.2 Å². The zero-order valence-electron chi connectivity index (χ0n) is 14.7. The van der Waals surface area contributed by atoms with Crippen molar-refractivity contribution in [3.63, 3.8) is 0 Å². The van der Waals surface area contributed by atoms with Crippen LogP contribution in [0.15, 0.2) is 24.5 Å². The summed E-state index contributed by atoms with van der Waals surface area (Å²) in [6.45, 7) is 3.68. The van der Waals surface area contributed by atoms with E-state index in [2.05, 4.69) is 9.88 Å². The van der Waals surface area contributed by atoms with Crippen molar-refractivity contribution in [2.24, 2.45) is 0 Å². The molecule has 0 unspecified atom stereocenters. The summed E-state index contributed by atoms with van der Waals surface area (Å²) in [7, 11) is -0.964. The third-order valence-corrected chi connectivity index (χ3v) is 6.90. The summed E-state index contributed by atoms with van der Waals surface area (Å²) in [5, 5.41) is 0. The molecule has 0 aliphatic carbocycles. The van der Waals surface area contributed by atoms with Crippen LogP contribution in [-0.2, 0) is 14.6 Å². The molecule has 2 aliphatic rings. The van der Waals surface area contributed by atoms with Gasteiger partial charge in [0.2, 0.25) is 5.91 Å². The van der Waals surface area contributed by atoms with Gasteiger partial charge in [0, 0.05) is 51.4 Å². The number of hydrogen-bond acceptors (Lipinski definition) is 6. The number of carbonyl (C=O) groups is 1. The topological polar surface area (TPSA) is 73.8 Å². The smallest absolute Gasteiger partial charge is 0.223 e. The van der Waals surface area contributed by atoms with Gasteiger partial charge in [-0.15, -0.1) is 0 Å². The third kappa shape index (κ3) is 4.70. The molecule has 2 saturated heterocycles. The fourth-order valence-electron chi connectivity index (χ4n) is 3.49. The second-order valence-corrected chi connectivity index (χ2v) is 9.10. The average Bonchev–Trinajstić information content (AvgIpc) is 3.00. The number of piperazine rings is 1. The lowest BCUT2D eigenvalue weighted by molar-refractivity contribution is -0.131. The van der Waals surface area contributed by atoms with Crippen LogP contribution in [0.4, 0.5) is 5.69 Å². The summed E-state index contributed by atoms with van der Waals surface area (Å²) < 4.78 is 23.1. The number of amides is 1. The van der Waals surface area contributed by atoms with Crippen LogP contribution in [0.2, 0.25) is 0 Å². The van der Waals surface area contributed by atoms with E-state index in [0.29, 0.717) is 19.4 Å². The Labute approximate surface area is 149 Å². The minimum absolute atomic E-state index is 0.0558. The summed E-state index contributed by atoms with van der Waals surface area (Å²) in [4.78, 5) is 22.8. The summed E-state index contributed by atoms with van der Waals surface area (Å²) in [5.41, 5.74) is 1.09. The van der Waals surface area contributed by atoms with Gasteiger partial charge < -0.3 is 14.7 Å². The Morgan fingerprint density at radius 3 is 2.68 bits per heavy atom. The summed E-state index contributed by atoms with van der Waals surface area (Å²) in [6, 6.07) is 4.02. The molecule has 1 aromatic rings. The Bertz CT molecular complexity index is 687. The van der Waals surface area contributed by atoms with E-state index in [1.165, 1.54) is 0 Å². The number of pyridine rings is 1. The lowest BCUT2D eigenvalue weighted by Crippen LogP contribution is -2.49. The van der Waals surface area contributed by atoms with Crippen LogP contribution in [-0.4, -0.2) is 86.4 Å². The molecule has 7 nitrogen and oxygen atoms in total. The zero-order valence-corrected chi connectivity index (χ0v) is 15.5. The van der Waals surface area contributed by atoms with Gasteiger partial charge in [0.1, 0.15) is 0 Å². The molecule has 0 radical (unpaired) electrons. The second kappa shape index (κ2) is 7.70. The van der Waals surface area contributed by atoms with Gasteiger partial charge in [0.05, 0.1) is 23.4 Å². The first-order valence-electron chi connectivity index (χ1n) is 8.78. The van der Waals surface area contributed by atoms with Crippen LogP contribution < -0.4 is 4.90 Å². The zero-order chi connectivity index (χ0) is 17.9. The fourth-order valence-corrected chi connectivity index (χ4v) is 5.30. The lowest BCUT2D eigenvalue weighted by atomic mass is 10.2. The first kappa shape index (κ1) is 18.1. The quantitative estimate of drug-likeness (QED) is 0.743. The van der Waals surface area contributed by atoms with Crippen molar-refractivity contribution in [2.45, 2.75) is 18.9 Å². The molecule has 0 N–H and O–H groups in total. The molecule has 0 bridgehead atoms. The van der Waals surface area contributed by atoms with E-state index in [0.717, 1.165) is 31.9 Å². The normalized spacial score (nSPS) is 23.2. The Hall–Kier alpha value is -1.67. The van der Waals surface area contributed by atoms with Gasteiger partial charge in [-0.1, -0.05) is 0 Å². The highest BCUT2D eigenvalue weighted by Crippen LogP contribution is 2.17. The maximum Gasteiger partial charge on any atom is 0.223 e. The predicted molar refractivity (Wildman–Crippen MR) is 97.3 cm³/mol. The molecule has 0 saturated carbocycles. The first-order chi connectivity index (χ1) is 11.9. The molecule has 2 aliphatic heterocycles. The number of aromatic nitrogens is 1. The molecule has 2 fully saturated rings. The highest BCUT2D eigenvalue weighted by Gasteiger charge is 2.31. The highest BCUT2D eigenvalue weighted by molar-refractivity contribution is 7.91. The van der Waals surface area contributed by atoms with Crippen molar-refractivity contribution in [3.8, 4) is 0 Å². The fraction of sp³-hybridized carbons (Fsp3) is 0.647. The van der Waals surface area contributed by atoms with E-state index in [1.807, 2.05) is 35.2 Å². The number of carbonyl (C=O) groups excluding carboxylic acids is 1. The van der Waals surface area contributed by atoms with Crippen LogP contribution in [0.1, 0.15) is 12.8 Å². The molecule has 0 aromatic carbocycles. The van der Waals surface area contributed by atoms with Gasteiger partial charge in [0.25, 0.3) is 0 Å². The van der Waals surface area contributed by atoms with E-state index in [9.17, 15) is 13.2 Å². The van der Waals surface area contributed by atoms with Gasteiger partial charge in [-0.05, 0) is 25.6 Å². The van der Waals surface area contributed by atoms with Crippen molar-refractivity contribution in [1.82, 2.24) is 14.8 Å². The minimum Gasteiger partial charge on any atom is -0.367 e. The van der Waals surface area contributed by atoms with Crippen LogP contribution in [0.5, 0.6) is 0 Å². The van der Waals surface area contributed by atoms with Crippen LogP contribution in [0.25, 0.3) is 0 Å². The van der Waals surface area contributed by atoms with E-state index in [-0.39, 0.29) is 23.5 Å². The number of anilines is 1. The highest BCUT2D eigenvalue weighted by atomic mass is 32.2. The third-order valence-electron chi connectivity index (χ3n) is 5.15. The number of rotatable bonds is 5. The van der Waals surface area contributed by atoms with E-state index < -0.39 is 9.84 Å². The Kier molecular flexibility index (Phi) is 5.58. The molecular formula is C17H26N4O3S. The molecule has 25 heavy (non-hydrogen) atoms. The van der Waals surface area contributed by atoms with Crippen molar-refractivity contribution >= 4 is 21.4 Å². The standard InChI is InChI=1S/C17H26N4O3S/c1-19(16-5-12-25(23,24)14-16)7-4-17(22)21-10-8-20(9-11-21)15-3-2-6-18-13-15/h2-3,6,13,16H,4-5,7-12,14H2,1H3/t16-/m0/s1. The van der Waals surface area contributed by atoms with Gasteiger partial charge in [0.15, 0.2) is 9.84 Å². The summed E-state index contributed by atoms with van der Waals surface area (Å²) >= 11 is 0. The first-order valence-corrected chi connectivity index (χ1v) is 10.6. The largest absolute Gasteiger partial charge is 0.367 e. The Morgan fingerprint density at radius 2 is 2.08 bits per heavy atom. The molecule has 1 amide bonds. The molecule has 3 rings (SSSR count). The molecule has 1 atom stereocenters. The monoisotopic (exact) mass is 366 g/mol. The average molecular weight is 366 g/mol. The second-order valence-electron chi connectivity index (χ2n) is 6.87. The number of hydrogen-bond donors (Lipinski definition) is 0. The molecule has 0 spiro atoms. The number of sulfone groups is 1. The lowest BCUT2D eigenvalue weighted by Gasteiger charge is -2.36. The van der Waals surface area contributed by atoms with E-state index in [1.54, 1.807) is 6.20 Å². The van der Waals surface area contributed by atoms with Crippen molar-refractivity contribution in [3.05, 3.63) is 24.5 Å². The summed E-state index contributed by atoms with van der Waals surface area (Å²) in [5.74, 6) is 0.645. The van der Waals surface area contributed by atoms with Gasteiger partial charge >= 0.3 is 0 Å². The maximum absolute atomic E-state index is 12.4. The summed E-state index contributed by atoms with van der Waals surface area (Å²) in [6.07, 6.45) is 4.73. The minimum atomic E-state index is -2.88. The Balaban J connectivity index is 1.42. The molecule has 8 heteroatoms. The van der Waals surface area contributed by atoms with Crippen molar-refractivity contribution in [2.75, 3.05) is 56.2 Å². The van der Waals surface area contributed by atoms with E-state index >= 15 is 0 Å². The van der Waals surface area contributed by atoms with Gasteiger partial charge in [-0.2, -0.15) is 0 Å². The van der Waals surface area contributed by atoms with Gasteiger partial charge in [-0.25, -0.2) is 8.42 Å². The van der Waals surface area contributed by atoms with Crippen molar-refractivity contribution in [1.29, 1.82) is 0 Å². The molecular weight excluding hydrogens is 340 g/mol.